The van der Waals surface area contributed by atoms with Crippen LogP contribution in [0.1, 0.15) is 13.8 Å². The summed E-state index contributed by atoms with van der Waals surface area (Å²) in [5.41, 5.74) is 0. The van der Waals surface area contributed by atoms with Gasteiger partial charge >= 0.3 is 0 Å². The minimum absolute atomic E-state index is 0.0460. The molecule has 0 aliphatic heterocycles. The predicted octanol–water partition coefficient (Wildman–Crippen LogP) is 4.04. The van der Waals surface area contributed by atoms with Crippen LogP contribution in [-0.4, -0.2) is 26.2 Å². The van der Waals surface area contributed by atoms with E-state index in [1.54, 1.807) is 26.0 Å². The van der Waals surface area contributed by atoms with Gasteiger partial charge in [-0.1, -0.05) is 24.3 Å². The second kappa shape index (κ2) is 6.30. The number of benzene rings is 3. The molecule has 0 saturated heterocycles. The number of ether oxygens (including phenoxy) is 2. The maximum atomic E-state index is 12.1. The fourth-order valence-corrected chi connectivity index (χ4v) is 3.66. The van der Waals surface area contributed by atoms with Crippen molar-refractivity contribution in [3.8, 4) is 11.5 Å². The molecule has 3 aromatic rings. The molecule has 24 heavy (non-hydrogen) atoms. The van der Waals surface area contributed by atoms with E-state index in [2.05, 4.69) is 0 Å². The summed E-state index contributed by atoms with van der Waals surface area (Å²) in [4.78, 5) is -0.254. The Bertz CT molecular complexity index is 1010. The van der Waals surface area contributed by atoms with Gasteiger partial charge in [0.05, 0.1) is 13.2 Å². The first kappa shape index (κ1) is 16.5. The van der Waals surface area contributed by atoms with Crippen molar-refractivity contribution in [2.45, 2.75) is 18.7 Å². The average molecular weight is 346 g/mol. The topological polar surface area (TPSA) is 72.8 Å². The van der Waals surface area contributed by atoms with E-state index in [1.807, 2.05) is 30.3 Å². The Morgan fingerprint density at radius 3 is 2.12 bits per heavy atom. The summed E-state index contributed by atoms with van der Waals surface area (Å²) >= 11 is 0. The predicted molar refractivity (Wildman–Crippen MR) is 93.6 cm³/mol. The lowest BCUT2D eigenvalue weighted by Crippen LogP contribution is -2.07. The zero-order valence-electron chi connectivity index (χ0n) is 13.4. The normalized spacial score (nSPS) is 11.8. The number of fused-ring (bicyclic) bond motifs is 2. The molecule has 0 saturated carbocycles. The van der Waals surface area contributed by atoms with Gasteiger partial charge in [0.25, 0.3) is 10.1 Å². The Kier molecular flexibility index (Phi) is 4.34. The van der Waals surface area contributed by atoms with E-state index < -0.39 is 10.1 Å². The van der Waals surface area contributed by atoms with Crippen molar-refractivity contribution in [3.63, 3.8) is 0 Å². The van der Waals surface area contributed by atoms with Gasteiger partial charge in [-0.3, -0.25) is 4.55 Å². The van der Waals surface area contributed by atoms with Crippen LogP contribution in [0.15, 0.2) is 47.4 Å². The zero-order chi connectivity index (χ0) is 17.3. The summed E-state index contributed by atoms with van der Waals surface area (Å²) in [5.74, 6) is 0.347. The molecular formula is C18H18O5S. The second-order valence-electron chi connectivity index (χ2n) is 5.29. The van der Waals surface area contributed by atoms with Crippen LogP contribution >= 0.6 is 0 Å². The highest BCUT2D eigenvalue weighted by Gasteiger charge is 2.25. The van der Waals surface area contributed by atoms with E-state index in [4.69, 9.17) is 9.47 Å². The molecule has 1 N–H and O–H groups in total. The molecule has 5 nitrogen and oxygen atoms in total. The van der Waals surface area contributed by atoms with Gasteiger partial charge in [-0.25, -0.2) is 0 Å². The molecule has 0 aliphatic rings. The summed E-state index contributed by atoms with van der Waals surface area (Å²) in [7, 11) is -4.50. The SMILES string of the molecule is CCOc1cc2cc3ccccc3cc2c(S(=O)(=O)O)c1OCC. The van der Waals surface area contributed by atoms with Gasteiger partial charge in [-0.05, 0) is 48.2 Å². The number of hydrogen-bond donors (Lipinski definition) is 1. The van der Waals surface area contributed by atoms with E-state index in [1.165, 1.54) is 0 Å². The molecule has 0 fully saturated rings. The fourth-order valence-electron chi connectivity index (χ4n) is 2.81. The smallest absolute Gasteiger partial charge is 0.299 e. The highest BCUT2D eigenvalue weighted by molar-refractivity contribution is 7.86. The van der Waals surface area contributed by atoms with Gasteiger partial charge in [0.2, 0.25) is 0 Å². The Hall–Kier alpha value is -2.31. The van der Waals surface area contributed by atoms with Crippen LogP contribution in [-0.2, 0) is 10.1 Å². The van der Waals surface area contributed by atoms with Crippen molar-refractivity contribution in [3.05, 3.63) is 42.5 Å². The van der Waals surface area contributed by atoms with Crippen molar-refractivity contribution >= 4 is 31.7 Å². The van der Waals surface area contributed by atoms with Crippen LogP contribution in [0, 0.1) is 0 Å². The van der Waals surface area contributed by atoms with Gasteiger partial charge in [-0.2, -0.15) is 8.42 Å². The van der Waals surface area contributed by atoms with Crippen molar-refractivity contribution in [2.75, 3.05) is 13.2 Å². The third-order valence-corrected chi connectivity index (χ3v) is 4.65. The lowest BCUT2D eigenvalue weighted by Gasteiger charge is -2.16. The summed E-state index contributed by atoms with van der Waals surface area (Å²) in [5, 5.41) is 2.91. The first-order valence-corrected chi connectivity index (χ1v) is 9.12. The summed E-state index contributed by atoms with van der Waals surface area (Å²) in [6.45, 7) is 4.15. The Labute approximate surface area is 140 Å². The van der Waals surface area contributed by atoms with Crippen LogP contribution in [0.3, 0.4) is 0 Å². The monoisotopic (exact) mass is 346 g/mol. The quantitative estimate of drug-likeness (QED) is 0.557. The molecular weight excluding hydrogens is 328 g/mol. The highest BCUT2D eigenvalue weighted by Crippen LogP contribution is 2.42. The lowest BCUT2D eigenvalue weighted by molar-refractivity contribution is 0.281. The van der Waals surface area contributed by atoms with Crippen LogP contribution in [0.2, 0.25) is 0 Å². The van der Waals surface area contributed by atoms with Crippen LogP contribution in [0.4, 0.5) is 0 Å². The molecule has 0 radical (unpaired) electrons. The molecule has 126 valence electrons. The van der Waals surface area contributed by atoms with E-state index in [0.717, 1.165) is 10.8 Å². The van der Waals surface area contributed by atoms with Crippen molar-refractivity contribution in [1.29, 1.82) is 0 Å². The van der Waals surface area contributed by atoms with E-state index in [0.29, 0.717) is 23.1 Å². The maximum absolute atomic E-state index is 12.1. The maximum Gasteiger partial charge on any atom is 0.299 e. The van der Waals surface area contributed by atoms with E-state index in [-0.39, 0.29) is 17.3 Å². The molecule has 0 amide bonds. The summed E-state index contributed by atoms with van der Waals surface area (Å²) in [6, 6.07) is 13.0. The highest BCUT2D eigenvalue weighted by atomic mass is 32.2. The molecule has 0 atom stereocenters. The zero-order valence-corrected chi connectivity index (χ0v) is 14.3. The summed E-state index contributed by atoms with van der Waals surface area (Å²) in [6.07, 6.45) is 0. The van der Waals surface area contributed by atoms with E-state index in [9.17, 15) is 13.0 Å². The van der Waals surface area contributed by atoms with E-state index >= 15 is 0 Å². The van der Waals surface area contributed by atoms with Crippen LogP contribution in [0.5, 0.6) is 11.5 Å². The Balaban J connectivity index is 2.49. The van der Waals surface area contributed by atoms with Crippen molar-refractivity contribution in [1.82, 2.24) is 0 Å². The molecule has 0 unspecified atom stereocenters. The Morgan fingerprint density at radius 1 is 0.917 bits per heavy atom. The van der Waals surface area contributed by atoms with Crippen molar-refractivity contribution in [2.24, 2.45) is 0 Å². The molecule has 0 aromatic heterocycles. The first-order chi connectivity index (χ1) is 11.5. The average Bonchev–Trinajstić information content (AvgIpc) is 2.53. The molecule has 0 spiro atoms. The molecule has 3 rings (SSSR count). The Morgan fingerprint density at radius 2 is 1.54 bits per heavy atom. The minimum atomic E-state index is -4.50. The molecule has 3 aromatic carbocycles. The molecule has 0 heterocycles. The van der Waals surface area contributed by atoms with Gasteiger partial charge in [-0.15, -0.1) is 0 Å². The van der Waals surface area contributed by atoms with Gasteiger partial charge in [0.1, 0.15) is 4.90 Å². The molecule has 6 heteroatoms. The van der Waals surface area contributed by atoms with Gasteiger partial charge < -0.3 is 9.47 Å². The number of rotatable bonds is 5. The minimum Gasteiger partial charge on any atom is -0.490 e. The first-order valence-electron chi connectivity index (χ1n) is 7.68. The van der Waals surface area contributed by atoms with Gasteiger partial charge in [0.15, 0.2) is 11.5 Å². The third-order valence-electron chi connectivity index (χ3n) is 3.73. The van der Waals surface area contributed by atoms with Crippen molar-refractivity contribution < 1.29 is 22.4 Å². The van der Waals surface area contributed by atoms with Gasteiger partial charge in [0, 0.05) is 5.39 Å². The lowest BCUT2D eigenvalue weighted by atomic mass is 10.0. The fraction of sp³-hybridized carbons (Fsp3) is 0.222. The van der Waals surface area contributed by atoms with Crippen LogP contribution in [0.25, 0.3) is 21.5 Å². The van der Waals surface area contributed by atoms with Crippen LogP contribution < -0.4 is 9.47 Å². The molecule has 0 bridgehead atoms. The number of hydrogen-bond acceptors (Lipinski definition) is 4. The second-order valence-corrected chi connectivity index (χ2v) is 6.65. The standard InChI is InChI=1S/C18H18O5S/c1-3-22-16-11-14-9-12-7-5-6-8-13(12)10-15(14)18(24(19,20)21)17(16)23-4-2/h5-11H,3-4H2,1-2H3,(H,19,20,21). The summed E-state index contributed by atoms with van der Waals surface area (Å²) < 4.78 is 45.0. The molecule has 0 aliphatic carbocycles. The third kappa shape index (κ3) is 2.90. The largest absolute Gasteiger partial charge is 0.490 e.